The Morgan fingerprint density at radius 3 is 2.47 bits per heavy atom. The van der Waals surface area contributed by atoms with Crippen molar-refractivity contribution < 1.29 is 5.11 Å². The average molecular weight is 233 g/mol. The molecule has 1 aromatic carbocycles. The summed E-state index contributed by atoms with van der Waals surface area (Å²) in [7, 11) is 0. The minimum Gasteiger partial charge on any atom is -0.508 e. The fraction of sp³-hybridized carbons (Fsp3) is 0.600. The Morgan fingerprint density at radius 1 is 1.18 bits per heavy atom. The van der Waals surface area contributed by atoms with Gasteiger partial charge in [0.25, 0.3) is 0 Å². The van der Waals surface area contributed by atoms with Crippen LogP contribution in [0.5, 0.6) is 5.75 Å². The van der Waals surface area contributed by atoms with Crippen LogP contribution in [0.15, 0.2) is 24.3 Å². The van der Waals surface area contributed by atoms with Gasteiger partial charge in [-0.15, -0.1) is 0 Å². The molecule has 0 aromatic heterocycles. The number of hydrogen-bond acceptors (Lipinski definition) is 2. The topological polar surface area (TPSA) is 32.3 Å². The SMILES string of the molecule is CC1CCC(NC(C)c2ccccc2O)CC1. The number of aromatic hydroxyl groups is 1. The highest BCUT2D eigenvalue weighted by Gasteiger charge is 2.20. The van der Waals surface area contributed by atoms with Crippen molar-refractivity contribution in [2.75, 3.05) is 0 Å². The Kier molecular flexibility index (Phi) is 4.06. The Morgan fingerprint density at radius 2 is 1.82 bits per heavy atom. The van der Waals surface area contributed by atoms with E-state index in [0.717, 1.165) is 11.5 Å². The molecule has 1 aromatic rings. The standard InChI is InChI=1S/C15H23NO/c1-11-7-9-13(10-8-11)16-12(2)14-5-3-4-6-15(14)17/h3-6,11-13,16-17H,7-10H2,1-2H3. The summed E-state index contributed by atoms with van der Waals surface area (Å²) in [6.45, 7) is 4.47. The summed E-state index contributed by atoms with van der Waals surface area (Å²) in [5.74, 6) is 1.28. The number of phenols is 1. The summed E-state index contributed by atoms with van der Waals surface area (Å²) in [6, 6.07) is 8.45. The molecule has 1 aliphatic rings. The van der Waals surface area contributed by atoms with Gasteiger partial charge in [0.15, 0.2) is 0 Å². The minimum absolute atomic E-state index is 0.231. The lowest BCUT2D eigenvalue weighted by atomic mass is 9.87. The molecule has 0 saturated heterocycles. The van der Waals surface area contributed by atoms with Gasteiger partial charge in [-0.1, -0.05) is 25.1 Å². The summed E-state index contributed by atoms with van der Waals surface area (Å²) in [4.78, 5) is 0. The van der Waals surface area contributed by atoms with E-state index in [0.29, 0.717) is 11.8 Å². The highest BCUT2D eigenvalue weighted by atomic mass is 16.3. The van der Waals surface area contributed by atoms with E-state index in [1.807, 2.05) is 18.2 Å². The maximum atomic E-state index is 9.81. The van der Waals surface area contributed by atoms with Crippen LogP contribution in [0.1, 0.15) is 51.1 Å². The van der Waals surface area contributed by atoms with Crippen LogP contribution in [0.3, 0.4) is 0 Å². The van der Waals surface area contributed by atoms with E-state index in [1.54, 1.807) is 6.07 Å². The molecule has 0 radical (unpaired) electrons. The number of benzene rings is 1. The normalized spacial score (nSPS) is 26.7. The summed E-state index contributed by atoms with van der Waals surface area (Å²) in [5.41, 5.74) is 1.01. The zero-order valence-corrected chi connectivity index (χ0v) is 10.8. The molecule has 1 fully saturated rings. The van der Waals surface area contributed by atoms with Crippen molar-refractivity contribution in [1.82, 2.24) is 5.32 Å². The Balaban J connectivity index is 1.93. The van der Waals surface area contributed by atoms with Crippen molar-refractivity contribution in [3.63, 3.8) is 0 Å². The zero-order chi connectivity index (χ0) is 12.3. The predicted molar refractivity (Wildman–Crippen MR) is 71.1 cm³/mol. The zero-order valence-electron chi connectivity index (χ0n) is 10.8. The van der Waals surface area contributed by atoms with Crippen LogP contribution in [0.4, 0.5) is 0 Å². The van der Waals surface area contributed by atoms with Gasteiger partial charge in [0.2, 0.25) is 0 Å². The summed E-state index contributed by atoms with van der Waals surface area (Å²) in [6.07, 6.45) is 5.18. The predicted octanol–water partition coefficient (Wildman–Crippen LogP) is 3.62. The van der Waals surface area contributed by atoms with Gasteiger partial charge in [-0.05, 0) is 44.6 Å². The van der Waals surface area contributed by atoms with Crippen LogP contribution < -0.4 is 5.32 Å². The fourth-order valence-corrected chi connectivity index (χ4v) is 2.72. The lowest BCUT2D eigenvalue weighted by Crippen LogP contribution is -2.34. The van der Waals surface area contributed by atoms with Gasteiger partial charge in [0.1, 0.15) is 5.75 Å². The number of nitrogens with one attached hydrogen (secondary N) is 1. The third kappa shape index (κ3) is 3.22. The van der Waals surface area contributed by atoms with Gasteiger partial charge in [-0.25, -0.2) is 0 Å². The van der Waals surface area contributed by atoms with Crippen LogP contribution in [0.2, 0.25) is 0 Å². The molecule has 2 heteroatoms. The van der Waals surface area contributed by atoms with Crippen molar-refractivity contribution in [2.45, 2.75) is 51.6 Å². The lowest BCUT2D eigenvalue weighted by Gasteiger charge is -2.30. The first-order chi connectivity index (χ1) is 8.16. The molecule has 17 heavy (non-hydrogen) atoms. The van der Waals surface area contributed by atoms with Gasteiger partial charge in [0.05, 0.1) is 0 Å². The molecule has 2 N–H and O–H groups in total. The van der Waals surface area contributed by atoms with Crippen molar-refractivity contribution in [2.24, 2.45) is 5.92 Å². The molecular weight excluding hydrogens is 210 g/mol. The molecule has 94 valence electrons. The summed E-state index contributed by atoms with van der Waals surface area (Å²) >= 11 is 0. The second-order valence-corrected chi connectivity index (χ2v) is 5.40. The first-order valence-electron chi connectivity index (χ1n) is 6.70. The van der Waals surface area contributed by atoms with Gasteiger partial charge < -0.3 is 10.4 Å². The van der Waals surface area contributed by atoms with Crippen molar-refractivity contribution in [3.05, 3.63) is 29.8 Å². The van der Waals surface area contributed by atoms with E-state index < -0.39 is 0 Å². The van der Waals surface area contributed by atoms with Gasteiger partial charge in [-0.3, -0.25) is 0 Å². The average Bonchev–Trinajstić information content (AvgIpc) is 2.32. The van der Waals surface area contributed by atoms with Crippen LogP contribution in [-0.4, -0.2) is 11.1 Å². The number of hydrogen-bond donors (Lipinski definition) is 2. The molecule has 2 rings (SSSR count). The Bertz CT molecular complexity index is 356. The second-order valence-electron chi connectivity index (χ2n) is 5.40. The van der Waals surface area contributed by atoms with Crippen LogP contribution >= 0.6 is 0 Å². The molecule has 1 unspecified atom stereocenters. The molecule has 1 atom stereocenters. The number of phenolic OH excluding ortho intramolecular Hbond substituents is 1. The second kappa shape index (κ2) is 5.54. The number of rotatable bonds is 3. The Labute approximate surface area is 104 Å². The molecule has 0 bridgehead atoms. The van der Waals surface area contributed by atoms with Crippen molar-refractivity contribution in [1.29, 1.82) is 0 Å². The Hall–Kier alpha value is -1.02. The smallest absolute Gasteiger partial charge is 0.120 e. The first-order valence-corrected chi connectivity index (χ1v) is 6.70. The van der Waals surface area contributed by atoms with E-state index in [-0.39, 0.29) is 6.04 Å². The quantitative estimate of drug-likeness (QED) is 0.835. The van der Waals surface area contributed by atoms with Crippen molar-refractivity contribution in [3.8, 4) is 5.75 Å². The molecule has 0 spiro atoms. The minimum atomic E-state index is 0.231. The third-order valence-electron chi connectivity index (χ3n) is 3.90. The molecule has 1 saturated carbocycles. The van der Waals surface area contributed by atoms with E-state index in [9.17, 15) is 5.11 Å². The summed E-state index contributed by atoms with van der Waals surface area (Å²) < 4.78 is 0. The van der Waals surface area contributed by atoms with Gasteiger partial charge in [-0.2, -0.15) is 0 Å². The third-order valence-corrected chi connectivity index (χ3v) is 3.90. The maximum Gasteiger partial charge on any atom is 0.120 e. The highest BCUT2D eigenvalue weighted by molar-refractivity contribution is 5.34. The molecule has 1 aliphatic carbocycles. The van der Waals surface area contributed by atoms with E-state index in [1.165, 1.54) is 25.7 Å². The molecule has 0 amide bonds. The molecule has 0 heterocycles. The molecular formula is C15H23NO. The molecule has 0 aliphatic heterocycles. The first kappa shape index (κ1) is 12.4. The summed E-state index contributed by atoms with van der Waals surface area (Å²) in [5, 5.41) is 13.4. The van der Waals surface area contributed by atoms with Crippen LogP contribution in [0.25, 0.3) is 0 Å². The largest absolute Gasteiger partial charge is 0.508 e. The lowest BCUT2D eigenvalue weighted by molar-refractivity contribution is 0.290. The van der Waals surface area contributed by atoms with Gasteiger partial charge >= 0.3 is 0 Å². The highest BCUT2D eigenvalue weighted by Crippen LogP contribution is 2.28. The van der Waals surface area contributed by atoms with E-state index in [4.69, 9.17) is 0 Å². The monoisotopic (exact) mass is 233 g/mol. The van der Waals surface area contributed by atoms with E-state index in [2.05, 4.69) is 19.2 Å². The van der Waals surface area contributed by atoms with Crippen molar-refractivity contribution >= 4 is 0 Å². The molecule has 2 nitrogen and oxygen atoms in total. The number of para-hydroxylation sites is 1. The van der Waals surface area contributed by atoms with Crippen LogP contribution in [0, 0.1) is 5.92 Å². The van der Waals surface area contributed by atoms with Crippen LogP contribution in [-0.2, 0) is 0 Å². The fourth-order valence-electron chi connectivity index (χ4n) is 2.72. The van der Waals surface area contributed by atoms with E-state index >= 15 is 0 Å². The van der Waals surface area contributed by atoms with Gasteiger partial charge in [0, 0.05) is 17.6 Å². The maximum absolute atomic E-state index is 9.81.